The van der Waals surface area contributed by atoms with Crippen molar-refractivity contribution >= 4 is 11.8 Å². The van der Waals surface area contributed by atoms with Crippen LogP contribution in [-0.4, -0.2) is 36.6 Å². The van der Waals surface area contributed by atoms with Crippen molar-refractivity contribution in [2.24, 2.45) is 11.8 Å². The number of nitro groups is 1. The van der Waals surface area contributed by atoms with Gasteiger partial charge in [-0.05, 0) is 30.5 Å². The van der Waals surface area contributed by atoms with Gasteiger partial charge in [0.25, 0.3) is 0 Å². The number of rotatable bonds is 11. The normalized spacial score (nSPS) is 15.5. The highest BCUT2D eigenvalue weighted by molar-refractivity contribution is 6.00. The number of carbonyl (C=O) groups is 2. The van der Waals surface area contributed by atoms with Gasteiger partial charge in [-0.2, -0.15) is 0 Å². The topological polar surface area (TPSA) is 105 Å². The maximum Gasteiger partial charge on any atom is 0.317 e. The van der Waals surface area contributed by atoms with Crippen molar-refractivity contribution in [1.29, 1.82) is 0 Å². The molecule has 0 aromatic heterocycles. The molecule has 3 unspecified atom stereocenters. The third-order valence-corrected chi connectivity index (χ3v) is 4.79. The van der Waals surface area contributed by atoms with Gasteiger partial charge in [-0.25, -0.2) is 0 Å². The van der Waals surface area contributed by atoms with Gasteiger partial charge in [-0.1, -0.05) is 32.8 Å². The zero-order chi connectivity index (χ0) is 20.7. The Hall–Kier alpha value is -2.64. The van der Waals surface area contributed by atoms with Crippen LogP contribution in [0, 0.1) is 22.0 Å². The summed E-state index contributed by atoms with van der Waals surface area (Å²) in [6.45, 7) is 5.20. The fourth-order valence-electron chi connectivity index (χ4n) is 3.53. The zero-order valence-corrected chi connectivity index (χ0v) is 16.5. The number of fused-ring (bicyclic) bond motifs is 1. The van der Waals surface area contributed by atoms with Crippen molar-refractivity contribution < 1.29 is 28.7 Å². The Kier molecular flexibility index (Phi) is 7.78. The van der Waals surface area contributed by atoms with Crippen LogP contribution in [-0.2, 0) is 14.3 Å². The Morgan fingerprint density at radius 3 is 2.61 bits per heavy atom. The van der Waals surface area contributed by atoms with Gasteiger partial charge in [-0.3, -0.25) is 19.7 Å². The van der Waals surface area contributed by atoms with E-state index in [-0.39, 0.29) is 31.5 Å². The van der Waals surface area contributed by atoms with Crippen molar-refractivity contribution in [3.8, 4) is 11.5 Å². The first kappa shape index (κ1) is 21.7. The molecule has 0 amide bonds. The average molecular weight is 393 g/mol. The molecule has 0 saturated heterocycles. The lowest BCUT2D eigenvalue weighted by atomic mass is 9.80. The minimum Gasteiger partial charge on any atom is -0.465 e. The molecule has 0 bridgehead atoms. The lowest BCUT2D eigenvalue weighted by Crippen LogP contribution is -2.36. The fourth-order valence-corrected chi connectivity index (χ4v) is 3.53. The average Bonchev–Trinajstić information content (AvgIpc) is 3.08. The van der Waals surface area contributed by atoms with Crippen LogP contribution in [0.1, 0.15) is 51.5 Å². The third-order valence-electron chi connectivity index (χ3n) is 4.79. The molecule has 0 fully saturated rings. The van der Waals surface area contributed by atoms with Crippen LogP contribution in [0.5, 0.6) is 11.5 Å². The van der Waals surface area contributed by atoms with E-state index in [0.717, 1.165) is 12.8 Å². The predicted octanol–water partition coefficient (Wildman–Crippen LogP) is 3.35. The maximum absolute atomic E-state index is 13.0. The van der Waals surface area contributed by atoms with E-state index in [0.29, 0.717) is 17.1 Å². The lowest BCUT2D eigenvalue weighted by Gasteiger charge is -2.23. The number of ketones is 1. The first-order valence-corrected chi connectivity index (χ1v) is 9.58. The molecule has 28 heavy (non-hydrogen) atoms. The highest BCUT2D eigenvalue weighted by atomic mass is 16.7. The van der Waals surface area contributed by atoms with Crippen molar-refractivity contribution in [3.05, 3.63) is 33.9 Å². The molecule has 0 spiro atoms. The summed E-state index contributed by atoms with van der Waals surface area (Å²) in [6.07, 6.45) is 1.93. The van der Waals surface area contributed by atoms with Crippen LogP contribution in [0.15, 0.2) is 18.2 Å². The van der Waals surface area contributed by atoms with Crippen molar-refractivity contribution in [3.63, 3.8) is 0 Å². The van der Waals surface area contributed by atoms with Gasteiger partial charge in [0, 0.05) is 11.3 Å². The molecule has 0 radical (unpaired) electrons. The fraction of sp³-hybridized carbons (Fsp3) is 0.600. The van der Waals surface area contributed by atoms with E-state index in [4.69, 9.17) is 14.2 Å². The summed E-state index contributed by atoms with van der Waals surface area (Å²) in [5.41, 5.74) is 0.482. The Labute approximate surface area is 164 Å². The van der Waals surface area contributed by atoms with Gasteiger partial charge < -0.3 is 14.2 Å². The highest BCUT2D eigenvalue weighted by Gasteiger charge is 2.40. The molecule has 8 heteroatoms. The number of ether oxygens (including phenoxy) is 3. The molecule has 8 nitrogen and oxygen atoms in total. The van der Waals surface area contributed by atoms with Crippen molar-refractivity contribution in [1.82, 2.24) is 0 Å². The van der Waals surface area contributed by atoms with Crippen LogP contribution in [0.2, 0.25) is 0 Å². The highest BCUT2D eigenvalue weighted by Crippen LogP contribution is 2.37. The molecule has 1 heterocycles. The predicted molar refractivity (Wildman–Crippen MR) is 101 cm³/mol. The molecule has 3 atom stereocenters. The number of benzene rings is 1. The summed E-state index contributed by atoms with van der Waals surface area (Å²) in [5.74, 6) is -2.17. The van der Waals surface area contributed by atoms with Crippen LogP contribution >= 0.6 is 0 Å². The Morgan fingerprint density at radius 1 is 1.25 bits per heavy atom. The molecule has 1 aliphatic rings. The molecule has 0 saturated carbocycles. The van der Waals surface area contributed by atoms with Gasteiger partial charge in [0.05, 0.1) is 12.5 Å². The molecule has 0 N–H and O–H groups in total. The second-order valence-electron chi connectivity index (χ2n) is 7.03. The van der Waals surface area contributed by atoms with Gasteiger partial charge in [0.15, 0.2) is 11.5 Å². The summed E-state index contributed by atoms with van der Waals surface area (Å²) in [4.78, 5) is 36.5. The third kappa shape index (κ3) is 5.43. The molecule has 1 aliphatic heterocycles. The largest absolute Gasteiger partial charge is 0.465 e. The number of esters is 1. The second kappa shape index (κ2) is 10.1. The van der Waals surface area contributed by atoms with E-state index in [1.165, 1.54) is 0 Å². The van der Waals surface area contributed by atoms with E-state index < -0.39 is 29.3 Å². The molecule has 1 aromatic rings. The SMILES string of the molecule is CCCC(C)CC(=O)C(C(=O)OCC)C(C[N+](=O)[O-])c1ccc2c(c1)OCO2. The summed E-state index contributed by atoms with van der Waals surface area (Å²) >= 11 is 0. The van der Waals surface area contributed by atoms with Crippen LogP contribution < -0.4 is 9.47 Å². The standard InChI is InChI=1S/C20H27NO7/c1-4-6-13(3)9-16(22)19(20(23)26-5-2)15(11-21(24)25)14-7-8-17-18(10-14)28-12-27-17/h7-8,10,13,15,19H,4-6,9,11-12H2,1-3H3. The Morgan fingerprint density at radius 2 is 1.96 bits per heavy atom. The van der Waals surface area contributed by atoms with Crippen molar-refractivity contribution in [2.45, 2.75) is 46.0 Å². The van der Waals surface area contributed by atoms with Gasteiger partial charge in [0.2, 0.25) is 13.3 Å². The van der Waals surface area contributed by atoms with Gasteiger partial charge in [-0.15, -0.1) is 0 Å². The molecule has 1 aromatic carbocycles. The monoisotopic (exact) mass is 393 g/mol. The van der Waals surface area contributed by atoms with Crippen LogP contribution in [0.25, 0.3) is 0 Å². The zero-order valence-electron chi connectivity index (χ0n) is 16.5. The van der Waals surface area contributed by atoms with E-state index in [9.17, 15) is 19.7 Å². The second-order valence-corrected chi connectivity index (χ2v) is 7.03. The van der Waals surface area contributed by atoms with E-state index in [1.807, 2.05) is 13.8 Å². The smallest absolute Gasteiger partial charge is 0.317 e. The van der Waals surface area contributed by atoms with Gasteiger partial charge >= 0.3 is 5.97 Å². The van der Waals surface area contributed by atoms with E-state index in [1.54, 1.807) is 25.1 Å². The number of hydrogen-bond donors (Lipinski definition) is 0. The molecular weight excluding hydrogens is 366 g/mol. The Bertz CT molecular complexity index is 719. The first-order valence-electron chi connectivity index (χ1n) is 9.58. The summed E-state index contributed by atoms with van der Waals surface area (Å²) in [6, 6.07) is 4.87. The summed E-state index contributed by atoms with van der Waals surface area (Å²) in [5, 5.41) is 11.3. The Balaban J connectivity index is 2.38. The van der Waals surface area contributed by atoms with Crippen LogP contribution in [0.3, 0.4) is 0 Å². The quantitative estimate of drug-likeness (QED) is 0.246. The van der Waals surface area contributed by atoms with Crippen LogP contribution in [0.4, 0.5) is 0 Å². The van der Waals surface area contributed by atoms with Crippen molar-refractivity contribution in [2.75, 3.05) is 19.9 Å². The first-order chi connectivity index (χ1) is 13.4. The lowest BCUT2D eigenvalue weighted by molar-refractivity contribution is -0.484. The number of carbonyl (C=O) groups excluding carboxylic acids is 2. The summed E-state index contributed by atoms with van der Waals surface area (Å²) < 4.78 is 15.7. The number of nitrogens with zero attached hydrogens (tertiary/aromatic N) is 1. The molecule has 0 aliphatic carbocycles. The maximum atomic E-state index is 13.0. The molecular formula is C20H27NO7. The minimum absolute atomic E-state index is 0.0630. The van der Waals surface area contributed by atoms with Gasteiger partial charge in [0.1, 0.15) is 11.7 Å². The molecule has 154 valence electrons. The number of Topliss-reactive ketones (excluding diaryl/α,β-unsaturated/α-hetero) is 1. The van der Waals surface area contributed by atoms with E-state index >= 15 is 0 Å². The minimum atomic E-state index is -1.23. The molecule has 2 rings (SSSR count). The van der Waals surface area contributed by atoms with E-state index in [2.05, 4.69) is 0 Å². The summed E-state index contributed by atoms with van der Waals surface area (Å²) in [7, 11) is 0. The number of hydrogen-bond acceptors (Lipinski definition) is 7.